The summed E-state index contributed by atoms with van der Waals surface area (Å²) in [6, 6.07) is 22.7. The van der Waals surface area contributed by atoms with Crippen LogP contribution in [-0.4, -0.2) is 63.4 Å². The van der Waals surface area contributed by atoms with Crippen molar-refractivity contribution in [1.29, 1.82) is 0 Å². The van der Waals surface area contributed by atoms with Gasteiger partial charge in [-0.15, -0.1) is 4.80 Å². The highest BCUT2D eigenvalue weighted by Gasteiger charge is 2.49. The predicted octanol–water partition coefficient (Wildman–Crippen LogP) is 4.39. The molecule has 55 heavy (non-hydrogen) atoms. The Hall–Kier alpha value is -5.22. The number of methoxy groups -OCH3 is 1. The molecule has 15 heteroatoms. The number of aromatic nitrogens is 5. The number of nitrogens with zero attached hydrogens (tertiary/aromatic N) is 5. The van der Waals surface area contributed by atoms with E-state index in [4.69, 9.17) is 9.47 Å². The summed E-state index contributed by atoms with van der Waals surface area (Å²) in [6.45, 7) is 6.30. The fraction of sp³-hybridized carbons (Fsp3) is 0.325. The zero-order chi connectivity index (χ0) is 38.9. The van der Waals surface area contributed by atoms with Crippen molar-refractivity contribution in [1.82, 2.24) is 29.4 Å². The molecule has 1 saturated heterocycles. The number of aryl methyl sites for hydroxylation is 1. The fourth-order valence-electron chi connectivity index (χ4n) is 7.72. The number of halogens is 1. The van der Waals surface area contributed by atoms with Gasteiger partial charge in [0, 0.05) is 24.3 Å². The second-order valence-electron chi connectivity index (χ2n) is 14.4. The van der Waals surface area contributed by atoms with E-state index in [0.29, 0.717) is 46.1 Å². The van der Waals surface area contributed by atoms with Gasteiger partial charge in [-0.2, -0.15) is 10.2 Å². The van der Waals surface area contributed by atoms with E-state index >= 15 is 0 Å². The third kappa shape index (κ3) is 6.97. The van der Waals surface area contributed by atoms with E-state index in [-0.39, 0.29) is 25.0 Å². The molecule has 6 aromatic rings. The topological polar surface area (TPSA) is 142 Å². The van der Waals surface area contributed by atoms with Gasteiger partial charge in [0.2, 0.25) is 5.91 Å². The van der Waals surface area contributed by atoms with Crippen molar-refractivity contribution in [3.63, 3.8) is 0 Å². The number of carbonyl (C=O) groups excluding carboxylic acids is 1. The maximum atomic E-state index is 15.0. The van der Waals surface area contributed by atoms with Gasteiger partial charge in [-0.1, -0.05) is 85.8 Å². The number of thiophene rings is 1. The van der Waals surface area contributed by atoms with Crippen molar-refractivity contribution in [3.05, 3.63) is 129 Å². The molecule has 1 fully saturated rings. The molecule has 0 spiro atoms. The van der Waals surface area contributed by atoms with Crippen LogP contribution in [0, 0.1) is 12.7 Å². The molecule has 3 aromatic carbocycles. The van der Waals surface area contributed by atoms with E-state index in [1.807, 2.05) is 60.7 Å². The lowest BCUT2D eigenvalue weighted by Gasteiger charge is -2.41. The summed E-state index contributed by atoms with van der Waals surface area (Å²) in [5, 5.41) is 13.3. The average molecular weight is 783 g/mol. The van der Waals surface area contributed by atoms with Crippen LogP contribution < -0.4 is 31.7 Å². The van der Waals surface area contributed by atoms with Gasteiger partial charge in [-0.3, -0.25) is 14.2 Å². The Morgan fingerprint density at radius 2 is 1.67 bits per heavy atom. The van der Waals surface area contributed by atoms with Crippen molar-refractivity contribution in [3.8, 4) is 10.8 Å². The van der Waals surface area contributed by atoms with Gasteiger partial charge < -0.3 is 19.6 Å². The molecule has 0 aliphatic carbocycles. The number of benzene rings is 3. The molecule has 0 unspecified atom stereocenters. The molecular weight excluding hydrogens is 740 g/mol. The maximum Gasteiger partial charge on any atom is 0.332 e. The Morgan fingerprint density at radius 3 is 2.27 bits per heavy atom. The Balaban J connectivity index is 1.27. The van der Waals surface area contributed by atoms with Gasteiger partial charge in [-0.05, 0) is 59.8 Å². The standard InChI is InChI=1S/C40H43FN6O6SSi/c1-26-34-36(49)46(31-18-20-42-35(31)48)39(50)45(38(34)54-37(26)47-43-21-22-44-47)25-33(30-24-27(41)16-17-32(30)52-4)53-23-11-19-40(2,3)55(51,28-12-7-5-8-13-28)29-14-9-6-10-15-29/h5-10,12-17,21-22,24,31,33,51H,11,18-20,23,25H2,1-4H3,(H,42,48)/t31-,33+/m1/s1. The van der Waals surface area contributed by atoms with Crippen molar-refractivity contribution in [2.75, 3.05) is 20.3 Å². The molecule has 286 valence electrons. The second-order valence-corrected chi connectivity index (χ2v) is 19.3. The van der Waals surface area contributed by atoms with Crippen molar-refractivity contribution in [2.45, 2.75) is 63.8 Å². The normalized spacial score (nSPS) is 15.4. The average Bonchev–Trinajstić information content (AvgIpc) is 3.95. The Kier molecular flexibility index (Phi) is 10.7. The minimum absolute atomic E-state index is 0.133. The summed E-state index contributed by atoms with van der Waals surface area (Å²) in [5.41, 5.74) is -0.340. The molecule has 7 rings (SSSR count). The second kappa shape index (κ2) is 15.5. The third-order valence-electron chi connectivity index (χ3n) is 10.7. The SMILES string of the molecule is COc1ccc(F)cc1[C@H](Cn1c(=O)n([C@@H]2CCNC2=O)c(=O)c2c(C)c(-n3nccn3)sc21)OCCCC(C)(C)[Si](O)(c1ccccc1)c1ccccc1. The molecule has 2 atom stereocenters. The lowest BCUT2D eigenvalue weighted by molar-refractivity contribution is -0.122. The van der Waals surface area contributed by atoms with Gasteiger partial charge in [-0.25, -0.2) is 13.8 Å². The van der Waals surface area contributed by atoms with E-state index in [2.05, 4.69) is 29.4 Å². The third-order valence-corrected chi connectivity index (χ3v) is 16.5. The van der Waals surface area contributed by atoms with Gasteiger partial charge in [0.05, 0.1) is 31.4 Å². The van der Waals surface area contributed by atoms with Crippen LogP contribution in [0.5, 0.6) is 5.75 Å². The minimum Gasteiger partial charge on any atom is -0.496 e. The number of hydrogen-bond acceptors (Lipinski definition) is 9. The smallest absolute Gasteiger partial charge is 0.332 e. The van der Waals surface area contributed by atoms with E-state index in [1.165, 1.54) is 58.4 Å². The van der Waals surface area contributed by atoms with Crippen LogP contribution >= 0.6 is 11.3 Å². The monoisotopic (exact) mass is 782 g/mol. The summed E-state index contributed by atoms with van der Waals surface area (Å²) in [6.07, 6.45) is 3.49. The highest BCUT2D eigenvalue weighted by molar-refractivity contribution is 7.21. The van der Waals surface area contributed by atoms with Crippen LogP contribution in [0.2, 0.25) is 5.04 Å². The number of ether oxygens (including phenoxy) is 2. The highest BCUT2D eigenvalue weighted by Crippen LogP contribution is 2.40. The van der Waals surface area contributed by atoms with Gasteiger partial charge >= 0.3 is 5.69 Å². The zero-order valence-electron chi connectivity index (χ0n) is 31.1. The Labute approximate surface area is 321 Å². The largest absolute Gasteiger partial charge is 0.496 e. The quantitative estimate of drug-likeness (QED) is 0.123. The number of fused-ring (bicyclic) bond motifs is 1. The first-order valence-corrected chi connectivity index (χ1v) is 20.9. The van der Waals surface area contributed by atoms with Crippen LogP contribution in [0.1, 0.15) is 56.4 Å². The molecule has 12 nitrogen and oxygen atoms in total. The number of amides is 1. The lowest BCUT2D eigenvalue weighted by atomic mass is 10.1. The fourth-order valence-corrected chi connectivity index (χ4v) is 12.7. The van der Waals surface area contributed by atoms with Gasteiger partial charge in [0.25, 0.3) is 13.9 Å². The number of rotatable bonds is 14. The number of carbonyl (C=O) groups is 1. The molecule has 3 aromatic heterocycles. The summed E-state index contributed by atoms with van der Waals surface area (Å²) >= 11 is 1.17. The number of nitrogens with one attached hydrogen (secondary N) is 1. The zero-order valence-corrected chi connectivity index (χ0v) is 32.9. The molecule has 1 amide bonds. The molecule has 2 N–H and O–H groups in total. The maximum absolute atomic E-state index is 15.0. The van der Waals surface area contributed by atoms with E-state index < -0.39 is 48.5 Å². The van der Waals surface area contributed by atoms with Crippen molar-refractivity contribution < 1.29 is 23.5 Å². The molecule has 1 aliphatic heterocycles. The van der Waals surface area contributed by atoms with Crippen LogP contribution in [0.15, 0.2) is 101 Å². The number of hydrogen-bond donors (Lipinski definition) is 2. The highest BCUT2D eigenvalue weighted by atomic mass is 32.1. The van der Waals surface area contributed by atoms with Crippen LogP contribution in [0.25, 0.3) is 15.2 Å². The first-order valence-electron chi connectivity index (χ1n) is 18.2. The lowest BCUT2D eigenvalue weighted by Crippen LogP contribution is -2.65. The van der Waals surface area contributed by atoms with Crippen LogP contribution in [0.3, 0.4) is 0 Å². The first kappa shape index (κ1) is 38.1. The Bertz CT molecular complexity index is 2390. The van der Waals surface area contributed by atoms with E-state index in [9.17, 15) is 23.6 Å². The molecule has 0 bridgehead atoms. The Morgan fingerprint density at radius 1 is 1.02 bits per heavy atom. The molecule has 0 saturated carbocycles. The van der Waals surface area contributed by atoms with Gasteiger partial charge in [0.15, 0.2) is 0 Å². The molecule has 0 radical (unpaired) electrons. The molecule has 1 aliphatic rings. The predicted molar refractivity (Wildman–Crippen MR) is 212 cm³/mol. The van der Waals surface area contributed by atoms with Crippen LogP contribution in [-0.2, 0) is 16.1 Å². The van der Waals surface area contributed by atoms with E-state index in [0.717, 1.165) is 14.9 Å². The first-order chi connectivity index (χ1) is 26.5. The van der Waals surface area contributed by atoms with Crippen molar-refractivity contribution in [2.24, 2.45) is 0 Å². The molecule has 4 heterocycles. The van der Waals surface area contributed by atoms with Gasteiger partial charge in [0.1, 0.15) is 33.5 Å². The molecular formula is C40H43FN6O6SSi. The summed E-state index contributed by atoms with van der Waals surface area (Å²) in [5.74, 6) is -0.571. The van der Waals surface area contributed by atoms with Crippen molar-refractivity contribution >= 4 is 46.2 Å². The summed E-state index contributed by atoms with van der Waals surface area (Å²) in [4.78, 5) is 56.0. The van der Waals surface area contributed by atoms with E-state index in [1.54, 1.807) is 6.92 Å². The minimum atomic E-state index is -3.29. The summed E-state index contributed by atoms with van der Waals surface area (Å²) < 4.78 is 29.7. The van der Waals surface area contributed by atoms with Crippen LogP contribution in [0.4, 0.5) is 4.39 Å². The summed E-state index contributed by atoms with van der Waals surface area (Å²) in [7, 11) is -1.82.